The highest BCUT2D eigenvalue weighted by Crippen LogP contribution is 2.34. The molecule has 1 aliphatic heterocycles. The normalized spacial score (nSPS) is 17.8. The van der Waals surface area contributed by atoms with E-state index in [0.717, 1.165) is 33.0 Å². The van der Waals surface area contributed by atoms with E-state index >= 15 is 0 Å². The van der Waals surface area contributed by atoms with Gasteiger partial charge in [0.05, 0.1) is 16.5 Å². The number of nitrogens with zero attached hydrogens (tertiary/aromatic N) is 4. The van der Waals surface area contributed by atoms with Crippen molar-refractivity contribution in [3.8, 4) is 0 Å². The maximum Gasteiger partial charge on any atom is 0.432 e. The van der Waals surface area contributed by atoms with Crippen LogP contribution in [0.15, 0.2) is 41.9 Å². The molecule has 1 aliphatic rings. The minimum atomic E-state index is -4.73. The molecule has 2 aromatic heterocycles. The molecule has 0 unspecified atom stereocenters. The number of alkyl halides is 3. The second kappa shape index (κ2) is 7.15. The number of anilines is 1. The number of carbonyl (C=O) groups excluding carboxylic acids is 1. The smallest absolute Gasteiger partial charge is 0.348 e. The van der Waals surface area contributed by atoms with Gasteiger partial charge in [-0.05, 0) is 12.1 Å². The molecule has 1 atom stereocenters. The molecule has 2 N–H and O–H groups in total. The summed E-state index contributed by atoms with van der Waals surface area (Å²) in [7, 11) is 0. The number of aromatic nitrogens is 3. The number of amides is 1. The molecule has 0 saturated carbocycles. The molecule has 11 heteroatoms. The quantitative estimate of drug-likeness (QED) is 0.625. The van der Waals surface area contributed by atoms with Crippen LogP contribution in [0.2, 0.25) is 0 Å². The number of halogens is 3. The summed E-state index contributed by atoms with van der Waals surface area (Å²) in [5.41, 5.74) is 0.273. The summed E-state index contributed by atoms with van der Waals surface area (Å²) in [5, 5.41) is 4.41. The van der Waals surface area contributed by atoms with E-state index in [0.29, 0.717) is 18.5 Å². The summed E-state index contributed by atoms with van der Waals surface area (Å²) in [4.78, 5) is 26.4. The van der Waals surface area contributed by atoms with Crippen molar-refractivity contribution in [3.63, 3.8) is 0 Å². The lowest BCUT2D eigenvalue weighted by atomic mass is 10.0. The van der Waals surface area contributed by atoms with Crippen LogP contribution in [0.3, 0.4) is 0 Å². The molecular weight excluding hydrogens is 393 g/mol. The average Bonchev–Trinajstić information content (AvgIpc) is 3.37. The third kappa shape index (κ3) is 3.52. The van der Waals surface area contributed by atoms with Crippen molar-refractivity contribution in [1.29, 1.82) is 0 Å². The number of H-pyrrole nitrogens is 1. The van der Waals surface area contributed by atoms with Crippen molar-refractivity contribution in [2.45, 2.75) is 12.6 Å². The third-order valence-corrected chi connectivity index (χ3v) is 5.12. The Morgan fingerprint density at radius 3 is 2.86 bits per heavy atom. The van der Waals surface area contributed by atoms with Crippen LogP contribution in [-0.2, 0) is 11.2 Å². The Bertz CT molecular complexity index is 1020. The first kappa shape index (κ1) is 18.3. The number of thiazole rings is 1. The number of hydrogen-bond acceptors (Lipinski definition) is 5. The summed E-state index contributed by atoms with van der Waals surface area (Å²) in [6, 6.07) is 7.07. The SMILES string of the molecule is O=C1[C@H](C=[NH+]CCc2cnc[nH]2)C(C(F)(F)F)=NN1c1nc2ccccc2s1. The lowest BCUT2D eigenvalue weighted by Gasteiger charge is -2.07. The van der Waals surface area contributed by atoms with Gasteiger partial charge in [0, 0.05) is 18.3 Å². The average molecular weight is 407 g/mol. The third-order valence-electron chi connectivity index (χ3n) is 4.11. The van der Waals surface area contributed by atoms with Gasteiger partial charge >= 0.3 is 6.18 Å². The zero-order valence-electron chi connectivity index (χ0n) is 14.3. The van der Waals surface area contributed by atoms with Crippen molar-refractivity contribution in [1.82, 2.24) is 15.0 Å². The van der Waals surface area contributed by atoms with Gasteiger partial charge in [-0.25, -0.2) is 9.97 Å². The van der Waals surface area contributed by atoms with Crippen molar-refractivity contribution >= 4 is 44.5 Å². The molecule has 0 fully saturated rings. The Balaban J connectivity index is 1.57. The second-order valence-corrected chi connectivity index (χ2v) is 7.03. The molecular formula is C17H14F3N6OS+. The number of benzene rings is 1. The zero-order valence-corrected chi connectivity index (χ0v) is 15.1. The molecule has 3 heterocycles. The van der Waals surface area contributed by atoms with Crippen LogP contribution >= 0.6 is 11.3 Å². The number of nitrogens with one attached hydrogen (secondary N) is 2. The van der Waals surface area contributed by atoms with Crippen LogP contribution in [0.5, 0.6) is 0 Å². The molecule has 0 bridgehead atoms. The monoisotopic (exact) mass is 407 g/mol. The molecule has 0 saturated heterocycles. The maximum atomic E-state index is 13.4. The second-order valence-electron chi connectivity index (χ2n) is 6.02. The van der Waals surface area contributed by atoms with E-state index in [1.165, 1.54) is 6.33 Å². The summed E-state index contributed by atoms with van der Waals surface area (Å²) in [5.74, 6) is -2.32. The lowest BCUT2D eigenvalue weighted by molar-refractivity contribution is -0.452. The van der Waals surface area contributed by atoms with Crippen molar-refractivity contribution in [2.24, 2.45) is 11.0 Å². The van der Waals surface area contributed by atoms with E-state index in [-0.39, 0.29) is 5.13 Å². The number of aromatic amines is 1. The minimum absolute atomic E-state index is 0.112. The summed E-state index contributed by atoms with van der Waals surface area (Å²) in [6.45, 7) is 0.345. The molecule has 1 aromatic carbocycles. The fourth-order valence-electron chi connectivity index (χ4n) is 2.77. The zero-order chi connectivity index (χ0) is 19.7. The highest BCUT2D eigenvalue weighted by atomic mass is 32.1. The van der Waals surface area contributed by atoms with Gasteiger partial charge in [-0.1, -0.05) is 23.5 Å². The molecule has 0 spiro atoms. The highest BCUT2D eigenvalue weighted by molar-refractivity contribution is 7.22. The highest BCUT2D eigenvalue weighted by Gasteiger charge is 2.51. The number of imidazole rings is 1. The Morgan fingerprint density at radius 2 is 2.14 bits per heavy atom. The standard InChI is InChI=1S/C17H13F3N6OS/c18-17(19,20)14-11(8-21-6-5-10-7-22-9-23-10)15(27)26(25-14)16-24-12-3-1-2-4-13(12)28-16/h1-4,7-9,11H,5-6H2,(H,22,23)/p+1/t11-/m1/s1. The van der Waals surface area contributed by atoms with Gasteiger partial charge in [-0.2, -0.15) is 23.3 Å². The Labute approximate surface area is 160 Å². The van der Waals surface area contributed by atoms with Gasteiger partial charge in [0.2, 0.25) is 5.13 Å². The van der Waals surface area contributed by atoms with Crippen LogP contribution in [0, 0.1) is 5.92 Å². The number of fused-ring (bicyclic) bond motifs is 1. The molecule has 0 radical (unpaired) electrons. The summed E-state index contributed by atoms with van der Waals surface area (Å²) in [6.07, 6.45) is 0.0762. The van der Waals surface area contributed by atoms with E-state index in [2.05, 4.69) is 25.0 Å². The molecule has 3 aromatic rings. The topological polar surface area (TPSA) is 88.2 Å². The summed E-state index contributed by atoms with van der Waals surface area (Å²) < 4.78 is 41.0. The van der Waals surface area contributed by atoms with Crippen LogP contribution in [0.25, 0.3) is 10.2 Å². The molecule has 144 valence electrons. The largest absolute Gasteiger partial charge is 0.432 e. The number of hydrogen-bond donors (Lipinski definition) is 2. The Kier molecular flexibility index (Phi) is 4.67. The van der Waals surface area contributed by atoms with Crippen LogP contribution in [-0.4, -0.2) is 45.5 Å². The van der Waals surface area contributed by atoms with Gasteiger partial charge in [0.1, 0.15) is 6.54 Å². The molecule has 0 aliphatic carbocycles. The minimum Gasteiger partial charge on any atom is -0.348 e. The lowest BCUT2D eigenvalue weighted by Crippen LogP contribution is -2.71. The number of para-hydroxylation sites is 1. The fraction of sp³-hybridized carbons (Fsp3) is 0.235. The van der Waals surface area contributed by atoms with E-state index in [1.807, 2.05) is 0 Å². The van der Waals surface area contributed by atoms with Gasteiger partial charge in [-0.15, -0.1) is 0 Å². The summed E-state index contributed by atoms with van der Waals surface area (Å²) >= 11 is 1.11. The molecule has 1 amide bonds. The predicted octanol–water partition coefficient (Wildman–Crippen LogP) is 1.29. The van der Waals surface area contributed by atoms with E-state index in [9.17, 15) is 18.0 Å². The number of hydrazone groups is 1. The number of carbonyl (C=O) groups is 1. The van der Waals surface area contributed by atoms with Crippen molar-refractivity contribution in [2.75, 3.05) is 11.6 Å². The van der Waals surface area contributed by atoms with Crippen LogP contribution < -0.4 is 10.0 Å². The van der Waals surface area contributed by atoms with Gasteiger partial charge in [0.25, 0.3) is 5.91 Å². The van der Waals surface area contributed by atoms with E-state index < -0.39 is 23.7 Å². The first-order chi connectivity index (χ1) is 13.4. The first-order valence-electron chi connectivity index (χ1n) is 8.32. The molecule has 4 rings (SSSR count). The fourth-order valence-corrected chi connectivity index (χ4v) is 3.69. The number of rotatable bonds is 5. The molecule has 28 heavy (non-hydrogen) atoms. The van der Waals surface area contributed by atoms with Gasteiger partial charge in [-0.3, -0.25) is 9.79 Å². The predicted molar refractivity (Wildman–Crippen MR) is 98.3 cm³/mol. The van der Waals surface area contributed by atoms with E-state index in [4.69, 9.17) is 0 Å². The Hall–Kier alpha value is -3.08. The Morgan fingerprint density at radius 1 is 1.32 bits per heavy atom. The van der Waals surface area contributed by atoms with Crippen molar-refractivity contribution in [3.05, 3.63) is 42.5 Å². The van der Waals surface area contributed by atoms with Gasteiger partial charge in [0.15, 0.2) is 17.8 Å². The van der Waals surface area contributed by atoms with E-state index in [1.54, 1.807) is 30.5 Å². The van der Waals surface area contributed by atoms with Crippen LogP contribution in [0.1, 0.15) is 5.69 Å². The first-order valence-corrected chi connectivity index (χ1v) is 9.14. The van der Waals surface area contributed by atoms with Gasteiger partial charge < -0.3 is 4.98 Å². The van der Waals surface area contributed by atoms with Crippen LogP contribution in [0.4, 0.5) is 18.3 Å². The molecule has 7 nitrogen and oxygen atoms in total. The maximum absolute atomic E-state index is 13.4. The van der Waals surface area contributed by atoms with Crippen molar-refractivity contribution < 1.29 is 23.0 Å².